The fourth-order valence-corrected chi connectivity index (χ4v) is 0.254. The van der Waals surface area contributed by atoms with Gasteiger partial charge in [-0.3, -0.25) is 9.69 Å². The van der Waals surface area contributed by atoms with Crippen molar-refractivity contribution < 1.29 is 14.7 Å². The molecule has 5 heteroatoms. The Kier molecular flexibility index (Phi) is 7.65. The Morgan fingerprint density at radius 2 is 1.71 bits per heavy atom. The zero-order valence-electron chi connectivity index (χ0n) is 9.07. The van der Waals surface area contributed by atoms with Gasteiger partial charge < -0.3 is 10.8 Å². The molecule has 0 aromatic rings. The minimum atomic E-state index is -0.935. The summed E-state index contributed by atoms with van der Waals surface area (Å²) in [5.41, 5.74) is 5.13. The number of carbonyl (C=O) groups excluding carboxylic acids is 1. The second-order valence-electron chi connectivity index (χ2n) is 3.13. The third kappa shape index (κ3) is 8.73. The van der Waals surface area contributed by atoms with Crippen LogP contribution in [0.1, 0.15) is 13.8 Å². The quantitative estimate of drug-likeness (QED) is 0.634. The van der Waals surface area contributed by atoms with Gasteiger partial charge in [0.2, 0.25) is 5.91 Å². The van der Waals surface area contributed by atoms with E-state index in [9.17, 15) is 9.59 Å². The number of carboxylic acid groups (broad SMARTS) is 1. The Labute approximate surface area is 84.2 Å². The molecule has 82 valence electrons. The van der Waals surface area contributed by atoms with Crippen molar-refractivity contribution in [2.24, 2.45) is 5.73 Å². The van der Waals surface area contributed by atoms with Gasteiger partial charge in [-0.2, -0.15) is 0 Å². The van der Waals surface area contributed by atoms with Crippen LogP contribution in [0.4, 0.5) is 0 Å². The molecule has 0 saturated carbocycles. The zero-order chi connectivity index (χ0) is 11.9. The van der Waals surface area contributed by atoms with Gasteiger partial charge in [0.25, 0.3) is 0 Å². The van der Waals surface area contributed by atoms with Crippen molar-refractivity contribution in [3.05, 3.63) is 12.2 Å². The van der Waals surface area contributed by atoms with Crippen molar-refractivity contribution in [3.8, 4) is 0 Å². The molecule has 0 rings (SSSR count). The Bertz CT molecular complexity index is 212. The molecule has 0 heterocycles. The van der Waals surface area contributed by atoms with Gasteiger partial charge in [0.05, 0.1) is 6.04 Å². The summed E-state index contributed by atoms with van der Waals surface area (Å²) >= 11 is 0. The van der Waals surface area contributed by atoms with E-state index < -0.39 is 5.97 Å². The lowest BCUT2D eigenvalue weighted by Crippen LogP contribution is -2.37. The lowest BCUT2D eigenvalue weighted by Gasteiger charge is -2.14. The van der Waals surface area contributed by atoms with E-state index in [0.29, 0.717) is 0 Å². The number of carboxylic acids is 1. The van der Waals surface area contributed by atoms with Gasteiger partial charge in [-0.25, -0.2) is 4.79 Å². The predicted octanol–water partition coefficient (Wildman–Crippen LogP) is 0.0689. The molecule has 5 nitrogen and oxygen atoms in total. The molecule has 1 amide bonds. The summed E-state index contributed by atoms with van der Waals surface area (Å²) in [6.45, 7) is 6.37. The first-order valence-electron chi connectivity index (χ1n) is 4.04. The number of amides is 1. The van der Waals surface area contributed by atoms with E-state index in [-0.39, 0.29) is 17.5 Å². The van der Waals surface area contributed by atoms with E-state index >= 15 is 0 Å². The second-order valence-corrected chi connectivity index (χ2v) is 3.13. The number of carbonyl (C=O) groups is 2. The van der Waals surface area contributed by atoms with Gasteiger partial charge in [0.15, 0.2) is 0 Å². The summed E-state index contributed by atoms with van der Waals surface area (Å²) in [5.74, 6) is -1.22. The van der Waals surface area contributed by atoms with Gasteiger partial charge in [-0.05, 0) is 27.9 Å². The zero-order valence-corrected chi connectivity index (χ0v) is 9.07. The van der Waals surface area contributed by atoms with Crippen LogP contribution in [-0.2, 0) is 9.59 Å². The largest absolute Gasteiger partial charge is 0.478 e. The van der Waals surface area contributed by atoms with Crippen LogP contribution < -0.4 is 5.73 Å². The first-order chi connectivity index (χ1) is 6.20. The molecule has 1 atom stereocenters. The number of likely N-dealkylation sites (N-methyl/N-ethyl adjacent to an activating group) is 1. The lowest BCUT2D eigenvalue weighted by molar-refractivity contribution is -0.132. The van der Waals surface area contributed by atoms with E-state index in [4.69, 9.17) is 10.8 Å². The molecule has 0 aliphatic rings. The van der Waals surface area contributed by atoms with Crippen molar-refractivity contribution in [1.29, 1.82) is 0 Å². The van der Waals surface area contributed by atoms with Gasteiger partial charge in [0, 0.05) is 5.57 Å². The Hall–Kier alpha value is -1.36. The SMILES string of the molecule is C=C(C)C(=O)O.CC(C(N)=O)N(C)C. The summed E-state index contributed by atoms with van der Waals surface area (Å²) in [7, 11) is 3.63. The Balaban J connectivity index is 0. The van der Waals surface area contributed by atoms with Crippen molar-refractivity contribution in [1.82, 2.24) is 4.90 Å². The van der Waals surface area contributed by atoms with Crippen molar-refractivity contribution >= 4 is 11.9 Å². The summed E-state index contributed by atoms with van der Waals surface area (Å²) in [5, 5.41) is 7.89. The predicted molar refractivity (Wildman–Crippen MR) is 54.8 cm³/mol. The van der Waals surface area contributed by atoms with E-state index in [0.717, 1.165) is 0 Å². The highest BCUT2D eigenvalue weighted by molar-refractivity contribution is 5.84. The molecule has 0 aliphatic carbocycles. The monoisotopic (exact) mass is 202 g/mol. The number of nitrogens with zero attached hydrogens (tertiary/aromatic N) is 1. The number of primary amides is 1. The fourth-order valence-electron chi connectivity index (χ4n) is 0.254. The average molecular weight is 202 g/mol. The van der Waals surface area contributed by atoms with E-state index in [1.165, 1.54) is 6.92 Å². The standard InChI is InChI=1S/C5H12N2O.C4H6O2/c1-4(5(6)8)7(2)3;1-3(2)4(5)6/h4H,1-3H3,(H2,6,8);1H2,2H3,(H,5,6). The molecular formula is C9H18N2O3. The maximum Gasteiger partial charge on any atom is 0.330 e. The number of hydrogen-bond acceptors (Lipinski definition) is 3. The van der Waals surface area contributed by atoms with Crippen LogP contribution in [0.25, 0.3) is 0 Å². The number of hydrogen-bond donors (Lipinski definition) is 2. The third-order valence-electron chi connectivity index (χ3n) is 1.55. The van der Waals surface area contributed by atoms with E-state index in [2.05, 4.69) is 6.58 Å². The number of rotatable bonds is 3. The molecule has 0 spiro atoms. The van der Waals surface area contributed by atoms with Gasteiger partial charge in [0.1, 0.15) is 0 Å². The smallest absolute Gasteiger partial charge is 0.330 e. The molecule has 0 saturated heterocycles. The minimum Gasteiger partial charge on any atom is -0.478 e. The molecule has 0 fully saturated rings. The van der Waals surface area contributed by atoms with E-state index in [1.807, 2.05) is 14.1 Å². The summed E-state index contributed by atoms with van der Waals surface area (Å²) in [4.78, 5) is 21.7. The van der Waals surface area contributed by atoms with Gasteiger partial charge >= 0.3 is 5.97 Å². The maximum atomic E-state index is 10.3. The Morgan fingerprint density at radius 3 is 1.71 bits per heavy atom. The molecule has 0 aromatic carbocycles. The molecule has 1 unspecified atom stereocenters. The highest BCUT2D eigenvalue weighted by atomic mass is 16.4. The highest BCUT2D eigenvalue weighted by Crippen LogP contribution is 1.86. The molecule has 0 radical (unpaired) electrons. The van der Waals surface area contributed by atoms with E-state index in [1.54, 1.807) is 11.8 Å². The maximum absolute atomic E-state index is 10.3. The van der Waals surface area contributed by atoms with Crippen LogP contribution in [0.15, 0.2) is 12.2 Å². The third-order valence-corrected chi connectivity index (χ3v) is 1.55. The molecule has 14 heavy (non-hydrogen) atoms. The van der Waals surface area contributed by atoms with Gasteiger partial charge in [-0.15, -0.1) is 0 Å². The topological polar surface area (TPSA) is 83.6 Å². The number of nitrogens with two attached hydrogens (primary N) is 1. The fraction of sp³-hybridized carbons (Fsp3) is 0.556. The van der Waals surface area contributed by atoms with Crippen LogP contribution in [0.2, 0.25) is 0 Å². The first-order valence-corrected chi connectivity index (χ1v) is 4.04. The normalized spacial score (nSPS) is 11.2. The minimum absolute atomic E-state index is 0.157. The first kappa shape index (κ1) is 15.1. The summed E-state index contributed by atoms with van der Waals surface area (Å²) in [6, 6.07) is -0.157. The molecule has 3 N–H and O–H groups in total. The Morgan fingerprint density at radius 1 is 1.43 bits per heavy atom. The number of aliphatic carboxylic acids is 1. The average Bonchev–Trinajstić information content (AvgIpc) is 2.03. The lowest BCUT2D eigenvalue weighted by atomic mass is 10.3. The second kappa shape index (κ2) is 7.08. The van der Waals surface area contributed by atoms with Crippen LogP contribution in [-0.4, -0.2) is 42.0 Å². The van der Waals surface area contributed by atoms with Gasteiger partial charge in [-0.1, -0.05) is 6.58 Å². The van der Waals surface area contributed by atoms with Crippen LogP contribution >= 0.6 is 0 Å². The molecule has 0 aliphatic heterocycles. The molecule has 0 aromatic heterocycles. The summed E-state index contributed by atoms with van der Waals surface area (Å²) in [6.07, 6.45) is 0. The van der Waals surface area contributed by atoms with Crippen LogP contribution in [0.5, 0.6) is 0 Å². The van der Waals surface area contributed by atoms with Crippen LogP contribution in [0.3, 0.4) is 0 Å². The van der Waals surface area contributed by atoms with Crippen molar-refractivity contribution in [2.75, 3.05) is 14.1 Å². The molecule has 0 bridgehead atoms. The summed E-state index contributed by atoms with van der Waals surface area (Å²) < 4.78 is 0. The van der Waals surface area contributed by atoms with Crippen molar-refractivity contribution in [3.63, 3.8) is 0 Å². The van der Waals surface area contributed by atoms with Crippen LogP contribution in [0, 0.1) is 0 Å². The highest BCUT2D eigenvalue weighted by Gasteiger charge is 2.08. The molecular weight excluding hydrogens is 184 g/mol. The van der Waals surface area contributed by atoms with Crippen molar-refractivity contribution in [2.45, 2.75) is 19.9 Å².